The summed E-state index contributed by atoms with van der Waals surface area (Å²) in [6, 6.07) is 0.471. The van der Waals surface area contributed by atoms with E-state index in [1.807, 2.05) is 13.1 Å². The summed E-state index contributed by atoms with van der Waals surface area (Å²) in [5.41, 5.74) is 4.07. The van der Waals surface area contributed by atoms with Crippen molar-refractivity contribution in [3.05, 3.63) is 23.0 Å². The minimum atomic E-state index is -0.768. The molecule has 5 heteroatoms. The minimum Gasteiger partial charge on any atom is -0.481 e. The number of pyridine rings is 1. The summed E-state index contributed by atoms with van der Waals surface area (Å²) >= 11 is 0. The van der Waals surface area contributed by atoms with Crippen molar-refractivity contribution in [3.63, 3.8) is 0 Å². The van der Waals surface area contributed by atoms with Crippen molar-refractivity contribution in [2.24, 2.45) is 0 Å². The van der Waals surface area contributed by atoms with Crippen LogP contribution in [0.1, 0.15) is 55.0 Å². The van der Waals surface area contributed by atoms with Crippen molar-refractivity contribution in [2.75, 3.05) is 0 Å². The van der Waals surface area contributed by atoms with Gasteiger partial charge in [-0.25, -0.2) is 9.67 Å². The lowest BCUT2D eigenvalue weighted by Crippen LogP contribution is -2.09. The van der Waals surface area contributed by atoms with Crippen molar-refractivity contribution in [1.29, 1.82) is 0 Å². The predicted molar refractivity (Wildman–Crippen MR) is 80.5 cm³/mol. The smallest absolute Gasteiger partial charge is 0.303 e. The molecule has 0 aliphatic heterocycles. The van der Waals surface area contributed by atoms with E-state index in [0.717, 1.165) is 27.9 Å². The Morgan fingerprint density at radius 3 is 2.76 bits per heavy atom. The zero-order valence-corrected chi connectivity index (χ0v) is 12.6. The molecule has 0 atom stereocenters. The van der Waals surface area contributed by atoms with Gasteiger partial charge in [-0.3, -0.25) is 4.79 Å². The Hall–Kier alpha value is -1.91. The monoisotopic (exact) mass is 287 g/mol. The van der Waals surface area contributed by atoms with Crippen LogP contribution in [-0.2, 0) is 11.2 Å². The number of hydrogen-bond donors (Lipinski definition) is 1. The van der Waals surface area contributed by atoms with Crippen LogP contribution in [0.3, 0.4) is 0 Å². The van der Waals surface area contributed by atoms with Gasteiger partial charge in [0.1, 0.15) is 0 Å². The number of carbonyl (C=O) groups is 1. The van der Waals surface area contributed by atoms with Crippen molar-refractivity contribution in [1.82, 2.24) is 14.8 Å². The Labute approximate surface area is 124 Å². The van der Waals surface area contributed by atoms with Crippen LogP contribution in [0.25, 0.3) is 11.0 Å². The molecule has 1 saturated carbocycles. The molecular formula is C16H21N3O2. The number of nitrogens with zero attached hydrogens (tertiary/aromatic N) is 3. The highest BCUT2D eigenvalue weighted by atomic mass is 16.4. The van der Waals surface area contributed by atoms with Gasteiger partial charge in [0.25, 0.3) is 0 Å². The third kappa shape index (κ3) is 2.52. The quantitative estimate of drug-likeness (QED) is 0.937. The van der Waals surface area contributed by atoms with Crippen LogP contribution in [-0.4, -0.2) is 25.8 Å². The first-order chi connectivity index (χ1) is 10.1. The van der Waals surface area contributed by atoms with Gasteiger partial charge in [0.15, 0.2) is 5.65 Å². The maximum absolute atomic E-state index is 10.8. The molecule has 0 aromatic carbocycles. The molecule has 1 aliphatic carbocycles. The Balaban J connectivity index is 2.03. The molecule has 0 bridgehead atoms. The number of aromatic nitrogens is 3. The number of aliphatic carboxylic acids is 1. The lowest BCUT2D eigenvalue weighted by molar-refractivity contribution is -0.136. The van der Waals surface area contributed by atoms with E-state index in [1.54, 1.807) is 0 Å². The summed E-state index contributed by atoms with van der Waals surface area (Å²) in [6.07, 6.45) is 7.45. The number of carboxylic acids is 1. The zero-order valence-electron chi connectivity index (χ0n) is 12.6. The predicted octanol–water partition coefficient (Wildman–Crippen LogP) is 3.18. The summed E-state index contributed by atoms with van der Waals surface area (Å²) in [4.78, 5) is 15.5. The minimum absolute atomic E-state index is 0.144. The Bertz CT molecular complexity index is 684. The second kappa shape index (κ2) is 5.47. The van der Waals surface area contributed by atoms with Crippen LogP contribution in [0.5, 0.6) is 0 Å². The number of aryl methyl sites for hydroxylation is 2. The molecule has 0 spiro atoms. The molecule has 5 nitrogen and oxygen atoms in total. The standard InChI is InChI=1S/C16H21N3O2/c1-10-13(7-8-15(20)21)11(2)18-16-14(10)9-17-19(16)12-5-3-4-6-12/h9,12H,3-8H2,1-2H3,(H,20,21). The summed E-state index contributed by atoms with van der Waals surface area (Å²) in [7, 11) is 0. The zero-order chi connectivity index (χ0) is 15.0. The number of rotatable bonds is 4. The Morgan fingerprint density at radius 2 is 2.10 bits per heavy atom. The molecule has 112 valence electrons. The second-order valence-electron chi connectivity index (χ2n) is 5.96. The van der Waals surface area contributed by atoms with Crippen LogP contribution in [0.2, 0.25) is 0 Å². The van der Waals surface area contributed by atoms with E-state index in [2.05, 4.69) is 16.7 Å². The van der Waals surface area contributed by atoms with Crippen molar-refractivity contribution < 1.29 is 9.90 Å². The van der Waals surface area contributed by atoms with Gasteiger partial charge in [0, 0.05) is 17.5 Å². The molecular weight excluding hydrogens is 266 g/mol. The molecule has 0 amide bonds. The average Bonchev–Trinajstić information content (AvgIpc) is 3.06. The van der Waals surface area contributed by atoms with E-state index in [1.165, 1.54) is 25.7 Å². The first-order valence-electron chi connectivity index (χ1n) is 7.63. The van der Waals surface area contributed by atoms with Crippen LogP contribution >= 0.6 is 0 Å². The maximum atomic E-state index is 10.8. The molecule has 0 radical (unpaired) electrons. The average molecular weight is 287 g/mol. The maximum Gasteiger partial charge on any atom is 0.303 e. The van der Waals surface area contributed by atoms with Gasteiger partial charge in [0.05, 0.1) is 12.2 Å². The molecule has 1 fully saturated rings. The number of carboxylic acid groups (broad SMARTS) is 1. The first kappa shape index (κ1) is 14.0. The third-order valence-corrected chi connectivity index (χ3v) is 4.60. The summed E-state index contributed by atoms with van der Waals surface area (Å²) < 4.78 is 2.07. The fourth-order valence-corrected chi connectivity index (χ4v) is 3.41. The van der Waals surface area contributed by atoms with Crippen LogP contribution in [0.4, 0.5) is 0 Å². The molecule has 2 aromatic heterocycles. The molecule has 1 aliphatic rings. The fourth-order valence-electron chi connectivity index (χ4n) is 3.41. The topological polar surface area (TPSA) is 68.0 Å². The Morgan fingerprint density at radius 1 is 1.38 bits per heavy atom. The van der Waals surface area contributed by atoms with Gasteiger partial charge >= 0.3 is 5.97 Å². The third-order valence-electron chi connectivity index (χ3n) is 4.60. The Kier molecular flexibility index (Phi) is 3.66. The van der Waals surface area contributed by atoms with Gasteiger partial charge in [-0.15, -0.1) is 0 Å². The van der Waals surface area contributed by atoms with Crippen molar-refractivity contribution >= 4 is 17.0 Å². The van der Waals surface area contributed by atoms with E-state index in [-0.39, 0.29) is 6.42 Å². The van der Waals surface area contributed by atoms with E-state index in [9.17, 15) is 4.79 Å². The first-order valence-corrected chi connectivity index (χ1v) is 7.63. The van der Waals surface area contributed by atoms with Crippen molar-refractivity contribution in [3.8, 4) is 0 Å². The molecule has 21 heavy (non-hydrogen) atoms. The largest absolute Gasteiger partial charge is 0.481 e. The van der Waals surface area contributed by atoms with Gasteiger partial charge in [-0.1, -0.05) is 12.8 Å². The summed E-state index contributed by atoms with van der Waals surface area (Å²) in [5, 5.41) is 14.5. The number of hydrogen-bond acceptors (Lipinski definition) is 3. The van der Waals surface area contributed by atoms with Crippen LogP contribution in [0, 0.1) is 13.8 Å². The van der Waals surface area contributed by atoms with E-state index < -0.39 is 5.97 Å². The summed E-state index contributed by atoms with van der Waals surface area (Å²) in [5.74, 6) is -0.768. The highest BCUT2D eigenvalue weighted by molar-refractivity contribution is 5.80. The fraction of sp³-hybridized carbons (Fsp3) is 0.562. The van der Waals surface area contributed by atoms with Gasteiger partial charge in [-0.2, -0.15) is 5.10 Å². The molecule has 3 rings (SSSR count). The molecule has 0 unspecified atom stereocenters. The van der Waals surface area contributed by atoms with E-state index in [0.29, 0.717) is 12.5 Å². The molecule has 2 heterocycles. The van der Waals surface area contributed by atoms with Gasteiger partial charge in [-0.05, 0) is 44.2 Å². The van der Waals surface area contributed by atoms with E-state index in [4.69, 9.17) is 10.1 Å². The summed E-state index contributed by atoms with van der Waals surface area (Å²) in [6.45, 7) is 4.02. The second-order valence-corrected chi connectivity index (χ2v) is 5.96. The van der Waals surface area contributed by atoms with Crippen LogP contribution < -0.4 is 0 Å². The highest BCUT2D eigenvalue weighted by Crippen LogP contribution is 2.32. The van der Waals surface area contributed by atoms with Gasteiger partial charge < -0.3 is 5.11 Å². The highest BCUT2D eigenvalue weighted by Gasteiger charge is 2.22. The van der Waals surface area contributed by atoms with Gasteiger partial charge in [0.2, 0.25) is 0 Å². The number of fused-ring (bicyclic) bond motifs is 1. The lowest BCUT2D eigenvalue weighted by atomic mass is 10.0. The lowest BCUT2D eigenvalue weighted by Gasteiger charge is -2.13. The normalized spacial score (nSPS) is 15.9. The van der Waals surface area contributed by atoms with Crippen LogP contribution in [0.15, 0.2) is 6.20 Å². The molecule has 0 saturated heterocycles. The molecule has 2 aromatic rings. The van der Waals surface area contributed by atoms with E-state index >= 15 is 0 Å². The van der Waals surface area contributed by atoms with Crippen molar-refractivity contribution in [2.45, 2.75) is 58.4 Å². The SMILES string of the molecule is Cc1nc2c(cnn2C2CCCC2)c(C)c1CCC(=O)O. The molecule has 1 N–H and O–H groups in total.